The van der Waals surface area contributed by atoms with Crippen LogP contribution in [0.4, 0.5) is 14.9 Å². The number of aromatic nitrogens is 1. The summed E-state index contributed by atoms with van der Waals surface area (Å²) in [5, 5.41) is 16.5. The van der Waals surface area contributed by atoms with Crippen molar-refractivity contribution in [3.8, 4) is 0 Å². The minimum absolute atomic E-state index is 0.102. The van der Waals surface area contributed by atoms with Crippen molar-refractivity contribution in [2.24, 2.45) is 0 Å². The molecule has 1 heterocycles. The predicted molar refractivity (Wildman–Crippen MR) is 76.1 cm³/mol. The van der Waals surface area contributed by atoms with Crippen LogP contribution in [0.5, 0.6) is 0 Å². The van der Waals surface area contributed by atoms with Gasteiger partial charge in [0.25, 0.3) is 0 Å². The highest BCUT2D eigenvalue weighted by Crippen LogP contribution is 2.18. The number of aryl methyl sites for hydroxylation is 1. The summed E-state index contributed by atoms with van der Waals surface area (Å²) >= 11 is 1.46. The standard InChI is InChI=1S/C13H12FN3O3S/c1-7-16-8(6-21-7)5-15-13(20)17-10-4-2-3-9(14)11(10)12(18)19/h2-4,6H,5H2,1H3,(H,18,19)(H2,15,17,20). The summed E-state index contributed by atoms with van der Waals surface area (Å²) in [7, 11) is 0. The molecule has 0 aliphatic carbocycles. The molecule has 0 bridgehead atoms. The maximum absolute atomic E-state index is 13.4. The Morgan fingerprint density at radius 3 is 2.81 bits per heavy atom. The van der Waals surface area contributed by atoms with Gasteiger partial charge in [0, 0.05) is 5.38 Å². The van der Waals surface area contributed by atoms with Gasteiger partial charge in [-0.05, 0) is 19.1 Å². The summed E-state index contributed by atoms with van der Waals surface area (Å²) in [4.78, 5) is 26.9. The molecule has 1 aromatic carbocycles. The maximum atomic E-state index is 13.4. The summed E-state index contributed by atoms with van der Waals surface area (Å²) in [6.45, 7) is 2.05. The average molecular weight is 309 g/mol. The van der Waals surface area contributed by atoms with Gasteiger partial charge in [-0.3, -0.25) is 0 Å². The highest BCUT2D eigenvalue weighted by atomic mass is 32.1. The van der Waals surface area contributed by atoms with Crippen molar-refractivity contribution in [1.82, 2.24) is 10.3 Å². The number of halogens is 1. The lowest BCUT2D eigenvalue weighted by Crippen LogP contribution is -2.29. The molecular weight excluding hydrogens is 297 g/mol. The van der Waals surface area contributed by atoms with Gasteiger partial charge < -0.3 is 15.7 Å². The van der Waals surface area contributed by atoms with E-state index in [0.29, 0.717) is 5.69 Å². The number of carboxylic acids is 1. The molecule has 6 nitrogen and oxygen atoms in total. The topological polar surface area (TPSA) is 91.3 Å². The van der Waals surface area contributed by atoms with Crippen LogP contribution in [0, 0.1) is 12.7 Å². The Balaban J connectivity index is 2.03. The number of anilines is 1. The summed E-state index contributed by atoms with van der Waals surface area (Å²) in [5.41, 5.74) is 0.0250. The predicted octanol–water partition coefficient (Wildman–Crippen LogP) is 2.61. The molecule has 0 radical (unpaired) electrons. The van der Waals surface area contributed by atoms with E-state index in [9.17, 15) is 14.0 Å². The number of hydrogen-bond acceptors (Lipinski definition) is 4. The number of nitrogens with one attached hydrogen (secondary N) is 2. The van der Waals surface area contributed by atoms with Crippen LogP contribution in [0.1, 0.15) is 21.1 Å². The molecule has 0 saturated heterocycles. The van der Waals surface area contributed by atoms with Crippen LogP contribution >= 0.6 is 11.3 Å². The monoisotopic (exact) mass is 309 g/mol. The van der Waals surface area contributed by atoms with Crippen LogP contribution in [0.2, 0.25) is 0 Å². The highest BCUT2D eigenvalue weighted by molar-refractivity contribution is 7.09. The number of urea groups is 1. The van der Waals surface area contributed by atoms with E-state index in [4.69, 9.17) is 5.11 Å². The Hall–Kier alpha value is -2.48. The van der Waals surface area contributed by atoms with Gasteiger partial charge in [-0.1, -0.05) is 6.07 Å². The van der Waals surface area contributed by atoms with Crippen LogP contribution in [0.15, 0.2) is 23.6 Å². The molecule has 0 aliphatic rings. The molecule has 2 amide bonds. The molecule has 1 aromatic heterocycles. The molecular formula is C13H12FN3O3S. The first kappa shape index (κ1) is 14.9. The lowest BCUT2D eigenvalue weighted by atomic mass is 10.1. The van der Waals surface area contributed by atoms with Crippen LogP contribution < -0.4 is 10.6 Å². The summed E-state index contributed by atoms with van der Waals surface area (Å²) in [6.07, 6.45) is 0. The molecule has 0 aliphatic heterocycles. The quantitative estimate of drug-likeness (QED) is 0.809. The van der Waals surface area contributed by atoms with Gasteiger partial charge >= 0.3 is 12.0 Å². The van der Waals surface area contributed by atoms with Crippen molar-refractivity contribution in [3.63, 3.8) is 0 Å². The Morgan fingerprint density at radius 1 is 1.43 bits per heavy atom. The molecule has 0 saturated carbocycles. The number of carbonyl (C=O) groups excluding carboxylic acids is 1. The Labute approximate surface area is 123 Å². The largest absolute Gasteiger partial charge is 0.478 e. The van der Waals surface area contributed by atoms with E-state index >= 15 is 0 Å². The van der Waals surface area contributed by atoms with E-state index in [-0.39, 0.29) is 12.2 Å². The second kappa shape index (κ2) is 6.31. The molecule has 0 unspecified atom stereocenters. The number of carbonyl (C=O) groups is 2. The van der Waals surface area contributed by atoms with E-state index in [1.807, 2.05) is 6.92 Å². The smallest absolute Gasteiger partial charge is 0.340 e. The first-order valence-electron chi connectivity index (χ1n) is 5.95. The van der Waals surface area contributed by atoms with Crippen molar-refractivity contribution in [3.05, 3.63) is 45.7 Å². The van der Waals surface area contributed by atoms with Crippen LogP contribution in [-0.2, 0) is 6.54 Å². The molecule has 0 fully saturated rings. The fourth-order valence-electron chi connectivity index (χ4n) is 1.67. The van der Waals surface area contributed by atoms with Crippen molar-refractivity contribution in [2.45, 2.75) is 13.5 Å². The van der Waals surface area contributed by atoms with E-state index < -0.39 is 23.4 Å². The lowest BCUT2D eigenvalue weighted by molar-refractivity contribution is 0.0693. The Morgan fingerprint density at radius 2 is 2.19 bits per heavy atom. The van der Waals surface area contributed by atoms with Crippen LogP contribution in [0.3, 0.4) is 0 Å². The summed E-state index contributed by atoms with van der Waals surface area (Å²) < 4.78 is 13.4. The molecule has 0 atom stereocenters. The molecule has 0 spiro atoms. The molecule has 3 N–H and O–H groups in total. The normalized spacial score (nSPS) is 10.2. The minimum atomic E-state index is -1.45. The second-order valence-electron chi connectivity index (χ2n) is 4.13. The Kier molecular flexibility index (Phi) is 4.49. The fraction of sp³-hybridized carbons (Fsp3) is 0.154. The molecule has 2 rings (SSSR count). The van der Waals surface area contributed by atoms with Gasteiger partial charge in [-0.25, -0.2) is 19.0 Å². The third-order valence-electron chi connectivity index (χ3n) is 2.57. The number of aromatic carboxylic acids is 1. The van der Waals surface area contributed by atoms with Crippen LogP contribution in [0.25, 0.3) is 0 Å². The van der Waals surface area contributed by atoms with Gasteiger partial charge in [0.2, 0.25) is 0 Å². The number of amides is 2. The second-order valence-corrected chi connectivity index (χ2v) is 5.20. The molecule has 110 valence electrons. The summed E-state index contributed by atoms with van der Waals surface area (Å²) in [6, 6.07) is 3.03. The average Bonchev–Trinajstić information content (AvgIpc) is 2.82. The molecule has 2 aromatic rings. The lowest BCUT2D eigenvalue weighted by Gasteiger charge is -2.09. The van der Waals surface area contributed by atoms with Gasteiger partial charge in [-0.15, -0.1) is 11.3 Å². The third kappa shape index (κ3) is 3.76. The summed E-state index contributed by atoms with van der Waals surface area (Å²) in [5.74, 6) is -2.35. The zero-order valence-corrected chi connectivity index (χ0v) is 11.8. The number of nitrogens with zero attached hydrogens (tertiary/aromatic N) is 1. The zero-order valence-electron chi connectivity index (χ0n) is 11.0. The van der Waals surface area contributed by atoms with Gasteiger partial charge in [0.15, 0.2) is 0 Å². The SMILES string of the molecule is Cc1nc(CNC(=O)Nc2cccc(F)c2C(=O)O)cs1. The van der Waals surface area contributed by atoms with Crippen molar-refractivity contribution in [2.75, 3.05) is 5.32 Å². The number of benzene rings is 1. The first-order valence-corrected chi connectivity index (χ1v) is 6.83. The maximum Gasteiger partial charge on any atom is 0.340 e. The van der Waals surface area contributed by atoms with E-state index in [1.54, 1.807) is 5.38 Å². The van der Waals surface area contributed by atoms with Gasteiger partial charge in [0.1, 0.15) is 11.4 Å². The Bertz CT molecular complexity index is 687. The van der Waals surface area contributed by atoms with Crippen molar-refractivity contribution < 1.29 is 19.1 Å². The van der Waals surface area contributed by atoms with E-state index in [1.165, 1.54) is 23.5 Å². The number of carboxylic acid groups (broad SMARTS) is 1. The zero-order chi connectivity index (χ0) is 15.4. The van der Waals surface area contributed by atoms with E-state index in [0.717, 1.165) is 11.1 Å². The van der Waals surface area contributed by atoms with E-state index in [2.05, 4.69) is 15.6 Å². The highest BCUT2D eigenvalue weighted by Gasteiger charge is 2.17. The number of hydrogen-bond donors (Lipinski definition) is 3. The third-order valence-corrected chi connectivity index (χ3v) is 3.39. The van der Waals surface area contributed by atoms with Crippen LogP contribution in [-0.4, -0.2) is 22.1 Å². The number of rotatable bonds is 4. The van der Waals surface area contributed by atoms with Crippen molar-refractivity contribution in [1.29, 1.82) is 0 Å². The molecule has 8 heteroatoms. The minimum Gasteiger partial charge on any atom is -0.478 e. The fourth-order valence-corrected chi connectivity index (χ4v) is 2.29. The number of thiazole rings is 1. The van der Waals surface area contributed by atoms with Gasteiger partial charge in [-0.2, -0.15) is 0 Å². The first-order chi connectivity index (χ1) is 9.97. The van der Waals surface area contributed by atoms with Gasteiger partial charge in [0.05, 0.1) is 22.9 Å². The molecule has 21 heavy (non-hydrogen) atoms. The van der Waals surface area contributed by atoms with Crippen molar-refractivity contribution >= 4 is 29.0 Å².